The van der Waals surface area contributed by atoms with E-state index in [-0.39, 0.29) is 58.3 Å². The molecule has 5 rings (SSSR count). The molecule has 0 aliphatic heterocycles. The summed E-state index contributed by atoms with van der Waals surface area (Å²) in [6.45, 7) is 7.46. The third-order valence-corrected chi connectivity index (χ3v) is 9.17. The molecule has 0 radical (unpaired) electrons. The molecule has 0 aliphatic carbocycles. The highest BCUT2D eigenvalue weighted by molar-refractivity contribution is 9.12. The first-order valence-corrected chi connectivity index (χ1v) is 16.8. The van der Waals surface area contributed by atoms with Crippen molar-refractivity contribution >= 4 is 95.6 Å². The number of hydrogen-bond acceptors (Lipinski definition) is 7. The Kier molecular flexibility index (Phi) is 10.8. The van der Waals surface area contributed by atoms with Crippen molar-refractivity contribution in [1.29, 1.82) is 5.41 Å². The molecule has 5 amide bonds. The van der Waals surface area contributed by atoms with Crippen LogP contribution in [0.25, 0.3) is 10.1 Å². The zero-order chi connectivity index (χ0) is 37.0. The van der Waals surface area contributed by atoms with E-state index in [1.807, 2.05) is 6.07 Å². The number of aryl methyl sites for hydroxylation is 1. The molecule has 11 N–H and O–H groups in total. The van der Waals surface area contributed by atoms with E-state index >= 15 is 0 Å². The Morgan fingerprint density at radius 2 is 1.47 bits per heavy atom. The lowest BCUT2D eigenvalue weighted by Gasteiger charge is -2.07. The number of halogens is 1. The number of hydrogen-bond donors (Lipinski definition) is 10. The van der Waals surface area contributed by atoms with E-state index in [0.29, 0.717) is 38.8 Å². The summed E-state index contributed by atoms with van der Waals surface area (Å²) < 4.78 is 2.60. The van der Waals surface area contributed by atoms with Crippen LogP contribution in [-0.4, -0.2) is 63.1 Å². The number of nitrogens with two attached hydrogens (primary N) is 1. The maximum absolute atomic E-state index is 13.2. The molecule has 5 aromatic rings. The number of guanidine groups is 1. The second kappa shape index (κ2) is 15.2. The fourth-order valence-electron chi connectivity index (χ4n) is 5.04. The largest absolute Gasteiger partial charge is 0.370 e. The molecular formula is C33H34BrN11O5S. The number of benzene rings is 1. The number of H-pyrrole nitrogens is 2. The van der Waals surface area contributed by atoms with Crippen molar-refractivity contribution in [2.24, 2.45) is 12.8 Å². The van der Waals surface area contributed by atoms with E-state index in [1.54, 1.807) is 49.9 Å². The van der Waals surface area contributed by atoms with Crippen molar-refractivity contribution in [3.05, 3.63) is 93.1 Å². The van der Waals surface area contributed by atoms with E-state index in [4.69, 9.17) is 11.1 Å². The van der Waals surface area contributed by atoms with Gasteiger partial charge in [0.1, 0.15) is 17.1 Å². The van der Waals surface area contributed by atoms with Gasteiger partial charge in [-0.15, -0.1) is 11.3 Å². The van der Waals surface area contributed by atoms with Gasteiger partial charge < -0.3 is 52.2 Å². The fraction of sp³-hybridized carbons (Fsp3) is 0.152. The number of rotatable bonds is 12. The van der Waals surface area contributed by atoms with Gasteiger partial charge in [0.25, 0.3) is 29.5 Å². The van der Waals surface area contributed by atoms with E-state index in [0.717, 1.165) is 10.1 Å². The molecule has 0 saturated carbocycles. The zero-order valence-corrected chi connectivity index (χ0v) is 30.0. The number of thiophene rings is 1. The van der Waals surface area contributed by atoms with E-state index < -0.39 is 11.8 Å². The van der Waals surface area contributed by atoms with Gasteiger partial charge >= 0.3 is 0 Å². The monoisotopic (exact) mass is 775 g/mol. The van der Waals surface area contributed by atoms with Crippen molar-refractivity contribution in [2.75, 3.05) is 34.4 Å². The number of carbonyl (C=O) groups excluding carboxylic acids is 5. The molecule has 0 saturated heterocycles. The van der Waals surface area contributed by atoms with Crippen LogP contribution in [0.15, 0.2) is 60.0 Å². The highest BCUT2D eigenvalue weighted by Gasteiger charge is 2.21. The van der Waals surface area contributed by atoms with E-state index in [2.05, 4.69) is 64.4 Å². The average molecular weight is 777 g/mol. The summed E-state index contributed by atoms with van der Waals surface area (Å²) in [5, 5.41) is 24.3. The minimum absolute atomic E-state index is 0.194. The number of amides is 5. The maximum atomic E-state index is 13.2. The summed E-state index contributed by atoms with van der Waals surface area (Å²) in [5.74, 6) is -2.27. The molecule has 0 spiro atoms. The summed E-state index contributed by atoms with van der Waals surface area (Å²) in [4.78, 5) is 70.2. The quantitative estimate of drug-likeness (QED) is 0.0380. The minimum atomic E-state index is -0.483. The highest BCUT2D eigenvalue weighted by atomic mass is 79.9. The fourth-order valence-corrected chi connectivity index (χ4v) is 6.08. The van der Waals surface area contributed by atoms with Gasteiger partial charge in [0.2, 0.25) is 0 Å². The second-order valence-electron chi connectivity index (χ2n) is 11.3. The van der Waals surface area contributed by atoms with Gasteiger partial charge in [-0.05, 0) is 65.5 Å². The highest BCUT2D eigenvalue weighted by Crippen LogP contribution is 2.30. The maximum Gasteiger partial charge on any atom is 0.272 e. The number of fused-ring (bicyclic) bond motifs is 1. The summed E-state index contributed by atoms with van der Waals surface area (Å²) in [6, 6.07) is 8.54. The number of nitrogens with zero attached hydrogens (tertiary/aromatic N) is 1. The van der Waals surface area contributed by atoms with Crippen LogP contribution in [0.5, 0.6) is 0 Å². The molecule has 264 valence electrons. The SMILES string of the molecule is C=C(Br)C(=O)Nc1ccc2sc(C(=O)Nc3c[nH]c(C(=O)Nc4cc(C(=O)Nc5c[nH]c(C(=O)NCCNC(=N)N)c5C)n(C)c4)c3C)cc2c1. The summed E-state index contributed by atoms with van der Waals surface area (Å²) in [6.07, 6.45) is 4.62. The van der Waals surface area contributed by atoms with Crippen LogP contribution < -0.4 is 37.6 Å². The topological polar surface area (TPSA) is 244 Å². The number of aromatic amines is 2. The predicted octanol–water partition coefficient (Wildman–Crippen LogP) is 4.33. The van der Waals surface area contributed by atoms with Crippen LogP contribution in [-0.2, 0) is 11.8 Å². The molecule has 0 aliphatic rings. The molecule has 16 nitrogen and oxygen atoms in total. The third kappa shape index (κ3) is 8.36. The Morgan fingerprint density at radius 3 is 2.12 bits per heavy atom. The van der Waals surface area contributed by atoms with Crippen molar-refractivity contribution < 1.29 is 24.0 Å². The number of carbonyl (C=O) groups is 5. The molecule has 18 heteroatoms. The van der Waals surface area contributed by atoms with Crippen molar-refractivity contribution in [2.45, 2.75) is 13.8 Å². The van der Waals surface area contributed by atoms with Gasteiger partial charge in [-0.2, -0.15) is 0 Å². The Hall–Kier alpha value is -6.14. The van der Waals surface area contributed by atoms with Gasteiger partial charge in [0.05, 0.1) is 26.4 Å². The van der Waals surface area contributed by atoms with Crippen LogP contribution in [0.3, 0.4) is 0 Å². The molecule has 51 heavy (non-hydrogen) atoms. The second-order valence-corrected chi connectivity index (χ2v) is 13.4. The van der Waals surface area contributed by atoms with Gasteiger partial charge in [-0.1, -0.05) is 6.58 Å². The summed E-state index contributed by atoms with van der Waals surface area (Å²) in [7, 11) is 1.65. The Labute approximate surface area is 303 Å². The van der Waals surface area contributed by atoms with E-state index in [9.17, 15) is 24.0 Å². The van der Waals surface area contributed by atoms with Crippen LogP contribution in [0.1, 0.15) is 52.3 Å². The van der Waals surface area contributed by atoms with Gasteiger partial charge in [-0.25, -0.2) is 0 Å². The van der Waals surface area contributed by atoms with Crippen LogP contribution in [0.2, 0.25) is 0 Å². The molecule has 4 heterocycles. The number of nitrogens with one attached hydrogen (secondary N) is 9. The first kappa shape index (κ1) is 36.1. The Morgan fingerprint density at radius 1 is 0.843 bits per heavy atom. The van der Waals surface area contributed by atoms with Gasteiger partial charge in [-0.3, -0.25) is 29.4 Å². The predicted molar refractivity (Wildman–Crippen MR) is 201 cm³/mol. The molecule has 4 aromatic heterocycles. The standard InChI is InChI=1S/C33H34BrN11O5S/c1-15-21(12-39-26(15)31(49)37-7-8-38-33(35)36)43-29(47)23-11-20(14-45(23)4)42-32(50)27-16(2)22(13-40-27)44-30(48)25-10-18-9-19(5-6-24(18)51-25)41-28(46)17(3)34/h5-6,9-14,39-40H,3,7-8H2,1-2,4H3,(H,37,49)(H,41,46)(H,42,50)(H,43,47)(H,44,48)(H4,35,36,38). The first-order chi connectivity index (χ1) is 24.2. The smallest absolute Gasteiger partial charge is 0.272 e. The third-order valence-electron chi connectivity index (χ3n) is 7.70. The normalized spacial score (nSPS) is 10.7. The molecule has 1 aromatic carbocycles. The molecule has 0 bridgehead atoms. The molecule has 0 fully saturated rings. The van der Waals surface area contributed by atoms with Gasteiger partial charge in [0.15, 0.2) is 5.96 Å². The Bertz CT molecular complexity index is 2230. The summed E-state index contributed by atoms with van der Waals surface area (Å²) in [5.41, 5.74) is 8.75. The van der Waals surface area contributed by atoms with E-state index in [1.165, 1.54) is 29.8 Å². The zero-order valence-electron chi connectivity index (χ0n) is 27.6. The van der Waals surface area contributed by atoms with Crippen molar-refractivity contribution in [3.63, 3.8) is 0 Å². The molecular weight excluding hydrogens is 742 g/mol. The van der Waals surface area contributed by atoms with Gasteiger partial charge in [0, 0.05) is 60.2 Å². The average Bonchev–Trinajstić information content (AvgIpc) is 3.85. The molecule has 0 unspecified atom stereocenters. The lowest BCUT2D eigenvalue weighted by atomic mass is 10.2. The van der Waals surface area contributed by atoms with Crippen LogP contribution in [0.4, 0.5) is 22.7 Å². The lowest BCUT2D eigenvalue weighted by Crippen LogP contribution is -2.37. The number of anilines is 4. The molecule has 0 atom stereocenters. The first-order valence-electron chi connectivity index (χ1n) is 15.2. The van der Waals surface area contributed by atoms with Crippen LogP contribution >= 0.6 is 27.3 Å². The van der Waals surface area contributed by atoms with Crippen molar-refractivity contribution in [3.8, 4) is 0 Å². The minimum Gasteiger partial charge on any atom is -0.370 e. The summed E-state index contributed by atoms with van der Waals surface area (Å²) >= 11 is 4.34. The van der Waals surface area contributed by atoms with Crippen molar-refractivity contribution in [1.82, 2.24) is 25.2 Å². The lowest BCUT2D eigenvalue weighted by molar-refractivity contribution is -0.112. The Balaban J connectivity index is 1.20. The number of aromatic nitrogens is 3. The van der Waals surface area contributed by atoms with Crippen LogP contribution in [0, 0.1) is 19.3 Å².